The molecule has 0 spiro atoms. The molecule has 5 heteroatoms. The average molecular weight is 355 g/mol. The first-order valence-corrected chi connectivity index (χ1v) is 9.26. The number of amides is 1. The van der Waals surface area contributed by atoms with Crippen LogP contribution in [0.1, 0.15) is 38.6 Å². The third-order valence-electron chi connectivity index (χ3n) is 4.90. The van der Waals surface area contributed by atoms with Gasteiger partial charge in [-0.3, -0.25) is 9.69 Å². The first-order chi connectivity index (χ1) is 12.4. The molecule has 0 atom stereocenters. The van der Waals surface area contributed by atoms with Gasteiger partial charge in [-0.05, 0) is 33.5 Å². The molecule has 5 nitrogen and oxygen atoms in total. The van der Waals surface area contributed by atoms with Crippen LogP contribution in [0.4, 0.5) is 0 Å². The second kappa shape index (κ2) is 8.06. The van der Waals surface area contributed by atoms with Crippen molar-refractivity contribution in [3.8, 4) is 0 Å². The van der Waals surface area contributed by atoms with E-state index in [9.17, 15) is 4.79 Å². The Bertz CT molecular complexity index is 762. The molecule has 1 amide bonds. The number of furan rings is 1. The normalized spacial score (nSPS) is 14.5. The summed E-state index contributed by atoms with van der Waals surface area (Å²) in [5.41, 5.74) is 4.36. The van der Waals surface area contributed by atoms with Gasteiger partial charge in [0.05, 0.1) is 5.56 Å². The van der Waals surface area contributed by atoms with E-state index in [2.05, 4.69) is 46.3 Å². The molecule has 26 heavy (non-hydrogen) atoms. The van der Waals surface area contributed by atoms with Crippen molar-refractivity contribution in [1.29, 1.82) is 0 Å². The summed E-state index contributed by atoms with van der Waals surface area (Å²) >= 11 is 0. The molecule has 0 saturated carbocycles. The second-order valence-electron chi connectivity index (χ2n) is 7.44. The van der Waals surface area contributed by atoms with Crippen LogP contribution in [-0.2, 0) is 19.5 Å². The number of hydrogen-bond acceptors (Lipinski definition) is 4. The predicted molar refractivity (Wildman–Crippen MR) is 103 cm³/mol. The lowest BCUT2D eigenvalue weighted by Crippen LogP contribution is -2.34. The summed E-state index contributed by atoms with van der Waals surface area (Å²) < 4.78 is 5.90. The first-order valence-electron chi connectivity index (χ1n) is 9.26. The molecule has 2 heterocycles. The molecule has 0 aliphatic carbocycles. The van der Waals surface area contributed by atoms with Gasteiger partial charge in [0, 0.05) is 44.7 Å². The summed E-state index contributed by atoms with van der Waals surface area (Å²) in [5, 5.41) is 3.02. The van der Waals surface area contributed by atoms with Gasteiger partial charge in [0.15, 0.2) is 0 Å². The largest absolute Gasteiger partial charge is 0.465 e. The van der Waals surface area contributed by atoms with Crippen LogP contribution in [0.2, 0.25) is 0 Å². The summed E-state index contributed by atoms with van der Waals surface area (Å²) in [6.07, 6.45) is 0.854. The predicted octanol–water partition coefficient (Wildman–Crippen LogP) is 2.75. The molecule has 1 aromatic heterocycles. The van der Waals surface area contributed by atoms with Gasteiger partial charge in [0.1, 0.15) is 11.5 Å². The maximum atomic E-state index is 12.7. The zero-order valence-corrected chi connectivity index (χ0v) is 16.3. The van der Waals surface area contributed by atoms with Crippen molar-refractivity contribution in [2.45, 2.75) is 33.4 Å². The molecule has 1 N–H and O–H groups in total. The van der Waals surface area contributed by atoms with Gasteiger partial charge in [-0.15, -0.1) is 0 Å². The fraction of sp³-hybridized carbons (Fsp3) is 0.476. The smallest absolute Gasteiger partial charge is 0.255 e. The van der Waals surface area contributed by atoms with E-state index in [1.807, 2.05) is 21.0 Å². The molecule has 0 fully saturated rings. The number of fused-ring (bicyclic) bond motifs is 1. The van der Waals surface area contributed by atoms with Gasteiger partial charge in [-0.25, -0.2) is 0 Å². The Morgan fingerprint density at radius 1 is 1.23 bits per heavy atom. The van der Waals surface area contributed by atoms with E-state index < -0.39 is 0 Å². The lowest BCUT2D eigenvalue weighted by molar-refractivity contribution is 0.0947. The molecule has 1 aliphatic rings. The van der Waals surface area contributed by atoms with Crippen LogP contribution in [0.5, 0.6) is 0 Å². The van der Waals surface area contributed by atoms with Gasteiger partial charge >= 0.3 is 0 Å². The molecule has 1 aliphatic heterocycles. The fourth-order valence-corrected chi connectivity index (χ4v) is 3.45. The Morgan fingerprint density at radius 2 is 1.96 bits per heavy atom. The molecule has 3 rings (SSSR count). The minimum absolute atomic E-state index is 0.0217. The van der Waals surface area contributed by atoms with Crippen molar-refractivity contribution in [2.24, 2.45) is 0 Å². The van der Waals surface area contributed by atoms with Crippen molar-refractivity contribution in [3.05, 3.63) is 58.0 Å². The molecule has 0 bridgehead atoms. The zero-order valence-electron chi connectivity index (χ0n) is 16.3. The summed E-state index contributed by atoms with van der Waals surface area (Å²) in [5.74, 6) is 1.68. The number of aryl methyl sites for hydroxylation is 2. The van der Waals surface area contributed by atoms with Gasteiger partial charge in [0.2, 0.25) is 0 Å². The van der Waals surface area contributed by atoms with Gasteiger partial charge in [0.25, 0.3) is 5.91 Å². The van der Waals surface area contributed by atoms with Crippen molar-refractivity contribution >= 4 is 5.91 Å². The number of carbonyl (C=O) groups excluding carboxylic acids is 1. The highest BCUT2D eigenvalue weighted by Crippen LogP contribution is 2.28. The highest BCUT2D eigenvalue weighted by molar-refractivity contribution is 5.97. The molecular weight excluding hydrogens is 326 g/mol. The van der Waals surface area contributed by atoms with Crippen LogP contribution in [-0.4, -0.2) is 49.4 Å². The topological polar surface area (TPSA) is 48.7 Å². The summed E-state index contributed by atoms with van der Waals surface area (Å²) in [6.45, 7) is 8.07. The van der Waals surface area contributed by atoms with Crippen LogP contribution in [0, 0.1) is 13.8 Å². The van der Waals surface area contributed by atoms with E-state index in [0.717, 1.165) is 55.2 Å². The third-order valence-corrected chi connectivity index (χ3v) is 4.90. The summed E-state index contributed by atoms with van der Waals surface area (Å²) in [7, 11) is 4.00. The lowest BCUT2D eigenvalue weighted by atomic mass is 10.0. The number of benzene rings is 1. The lowest BCUT2D eigenvalue weighted by Gasteiger charge is -2.26. The van der Waals surface area contributed by atoms with E-state index in [-0.39, 0.29) is 5.91 Å². The molecular formula is C21H29N3O2. The highest BCUT2D eigenvalue weighted by Gasteiger charge is 2.28. The minimum atomic E-state index is -0.0217. The van der Waals surface area contributed by atoms with Crippen LogP contribution in [0.25, 0.3) is 0 Å². The Balaban J connectivity index is 1.70. The van der Waals surface area contributed by atoms with E-state index >= 15 is 0 Å². The first kappa shape index (κ1) is 18.7. The van der Waals surface area contributed by atoms with E-state index in [1.165, 1.54) is 11.1 Å². The monoisotopic (exact) mass is 355 g/mol. The van der Waals surface area contributed by atoms with Crippen LogP contribution in [0.3, 0.4) is 0 Å². The number of likely N-dealkylation sites (N-methyl/N-ethyl adjacent to an activating group) is 1. The van der Waals surface area contributed by atoms with Crippen LogP contribution >= 0.6 is 0 Å². The van der Waals surface area contributed by atoms with Crippen molar-refractivity contribution in [2.75, 3.05) is 33.7 Å². The van der Waals surface area contributed by atoms with Crippen LogP contribution < -0.4 is 5.32 Å². The quantitative estimate of drug-likeness (QED) is 0.866. The molecule has 1 aromatic carbocycles. The number of nitrogens with zero attached hydrogens (tertiary/aromatic N) is 2. The van der Waals surface area contributed by atoms with Crippen molar-refractivity contribution < 1.29 is 9.21 Å². The zero-order chi connectivity index (χ0) is 18.7. The Labute approximate surface area is 156 Å². The molecule has 2 aromatic rings. The number of carbonyl (C=O) groups is 1. The molecule has 0 unspecified atom stereocenters. The number of hydrogen-bond donors (Lipinski definition) is 1. The third kappa shape index (κ3) is 4.34. The SMILES string of the molecule is Cc1ccc(CN2CCc3oc(C)c(C(=O)NCCN(C)C)c3C2)cc1. The fourth-order valence-electron chi connectivity index (χ4n) is 3.45. The molecule has 140 valence electrons. The van der Waals surface area contributed by atoms with E-state index in [0.29, 0.717) is 6.54 Å². The van der Waals surface area contributed by atoms with Crippen molar-refractivity contribution in [1.82, 2.24) is 15.1 Å². The van der Waals surface area contributed by atoms with Gasteiger partial charge in [-0.2, -0.15) is 0 Å². The maximum absolute atomic E-state index is 12.7. The minimum Gasteiger partial charge on any atom is -0.465 e. The van der Waals surface area contributed by atoms with Crippen LogP contribution in [0.15, 0.2) is 28.7 Å². The summed E-state index contributed by atoms with van der Waals surface area (Å²) in [4.78, 5) is 17.1. The second-order valence-corrected chi connectivity index (χ2v) is 7.44. The van der Waals surface area contributed by atoms with E-state index in [4.69, 9.17) is 4.42 Å². The Kier molecular flexibility index (Phi) is 5.79. The molecule has 0 saturated heterocycles. The Morgan fingerprint density at radius 3 is 2.65 bits per heavy atom. The van der Waals surface area contributed by atoms with E-state index in [1.54, 1.807) is 0 Å². The number of nitrogens with one attached hydrogen (secondary N) is 1. The Hall–Kier alpha value is -2.11. The standard InChI is InChI=1S/C21H29N3O2/c1-15-5-7-17(8-6-15)13-24-11-9-19-18(14-24)20(16(2)26-19)21(25)22-10-12-23(3)4/h5-8H,9-14H2,1-4H3,(H,22,25). The summed E-state index contributed by atoms with van der Waals surface area (Å²) in [6, 6.07) is 8.66. The van der Waals surface area contributed by atoms with Crippen molar-refractivity contribution in [3.63, 3.8) is 0 Å². The van der Waals surface area contributed by atoms with Gasteiger partial charge in [-0.1, -0.05) is 29.8 Å². The average Bonchev–Trinajstić information content (AvgIpc) is 2.91. The molecule has 0 radical (unpaired) electrons. The highest BCUT2D eigenvalue weighted by atomic mass is 16.3. The van der Waals surface area contributed by atoms with Gasteiger partial charge < -0.3 is 14.6 Å². The maximum Gasteiger partial charge on any atom is 0.255 e. The number of rotatable bonds is 6.